The summed E-state index contributed by atoms with van der Waals surface area (Å²) >= 11 is 1.52. The largest absolute Gasteiger partial charge is 0.488 e. The fourth-order valence-electron chi connectivity index (χ4n) is 4.87. The molecule has 1 aromatic heterocycles. The van der Waals surface area contributed by atoms with Crippen LogP contribution in [0.2, 0.25) is 0 Å². The fourth-order valence-corrected chi connectivity index (χ4v) is 7.88. The standard InChI is InChI=1S/C26H35FN2O5S2/c1-26(2,3)16-8-9-19-22(12-16)35-25(23(19)24(31)29-17-10-11-36(32,33)15-17)28-13-18(30)14-34-21-7-5-4-6-20(21)27/h4-7,16-18,28,30H,8-15H2,1-3H3,(H,29,31). The lowest BCUT2D eigenvalue weighted by Gasteiger charge is -2.33. The SMILES string of the molecule is CC(C)(C)C1CCc2c(sc(NCC(O)COc3ccccc3F)c2C(=O)NC2CCS(=O)(=O)C2)C1. The van der Waals surface area contributed by atoms with Gasteiger partial charge in [0.2, 0.25) is 0 Å². The molecule has 2 aromatic rings. The number of benzene rings is 1. The molecule has 1 saturated heterocycles. The molecule has 0 radical (unpaired) electrons. The van der Waals surface area contributed by atoms with Crippen LogP contribution < -0.4 is 15.4 Å². The summed E-state index contributed by atoms with van der Waals surface area (Å²) in [6.45, 7) is 6.71. The number of hydrogen-bond acceptors (Lipinski definition) is 7. The van der Waals surface area contributed by atoms with E-state index < -0.39 is 27.8 Å². The van der Waals surface area contributed by atoms with Gasteiger partial charge in [0.15, 0.2) is 21.4 Å². The third-order valence-corrected chi connectivity index (χ3v) is 10.0. The van der Waals surface area contributed by atoms with E-state index in [0.717, 1.165) is 29.7 Å². The number of carbonyl (C=O) groups is 1. The van der Waals surface area contributed by atoms with Gasteiger partial charge in [-0.25, -0.2) is 12.8 Å². The molecular weight excluding hydrogens is 503 g/mol. The van der Waals surface area contributed by atoms with Crippen molar-refractivity contribution in [3.8, 4) is 5.75 Å². The first kappa shape index (κ1) is 26.9. The highest BCUT2D eigenvalue weighted by atomic mass is 32.2. The summed E-state index contributed by atoms with van der Waals surface area (Å²) in [6.07, 6.45) is 2.12. The van der Waals surface area contributed by atoms with Crippen LogP contribution in [0.1, 0.15) is 54.4 Å². The van der Waals surface area contributed by atoms with Gasteiger partial charge >= 0.3 is 0 Å². The first-order chi connectivity index (χ1) is 16.9. The van der Waals surface area contributed by atoms with Crippen LogP contribution in [-0.2, 0) is 22.7 Å². The normalized spacial score (nSPS) is 22.0. The molecule has 3 atom stereocenters. The van der Waals surface area contributed by atoms with Crippen LogP contribution in [0.15, 0.2) is 24.3 Å². The van der Waals surface area contributed by atoms with E-state index in [0.29, 0.717) is 22.9 Å². The molecule has 4 rings (SSSR count). The number of ether oxygens (including phenoxy) is 1. The van der Waals surface area contributed by atoms with Crippen molar-refractivity contribution >= 4 is 32.1 Å². The third kappa shape index (κ3) is 6.39. The second-order valence-corrected chi connectivity index (χ2v) is 14.2. The average Bonchev–Trinajstić information content (AvgIpc) is 3.34. The summed E-state index contributed by atoms with van der Waals surface area (Å²) in [7, 11) is -3.12. The highest BCUT2D eigenvalue weighted by Gasteiger charge is 2.35. The quantitative estimate of drug-likeness (QED) is 0.472. The second kappa shape index (κ2) is 10.7. The van der Waals surface area contributed by atoms with Crippen molar-refractivity contribution in [3.05, 3.63) is 46.1 Å². The van der Waals surface area contributed by atoms with Gasteiger partial charge in [0, 0.05) is 17.5 Å². The Morgan fingerprint density at radius 1 is 1.28 bits per heavy atom. The van der Waals surface area contributed by atoms with Gasteiger partial charge in [0.1, 0.15) is 17.7 Å². The van der Waals surface area contributed by atoms with E-state index in [1.54, 1.807) is 12.1 Å². The number of aliphatic hydroxyl groups is 1. The van der Waals surface area contributed by atoms with Crippen LogP contribution in [-0.4, -0.2) is 56.2 Å². The number of anilines is 1. The number of amides is 1. The predicted octanol–water partition coefficient (Wildman–Crippen LogP) is 3.81. The summed E-state index contributed by atoms with van der Waals surface area (Å²) < 4.78 is 43.0. The fraction of sp³-hybridized carbons (Fsp3) is 0.577. The van der Waals surface area contributed by atoms with Crippen molar-refractivity contribution in [2.75, 3.05) is 30.0 Å². The topological polar surface area (TPSA) is 105 Å². The number of aliphatic hydroxyl groups excluding tert-OH is 1. The van der Waals surface area contributed by atoms with Gasteiger partial charge in [0.05, 0.1) is 17.1 Å². The van der Waals surface area contributed by atoms with Gasteiger partial charge in [0.25, 0.3) is 5.91 Å². The van der Waals surface area contributed by atoms with Crippen LogP contribution in [0.4, 0.5) is 9.39 Å². The van der Waals surface area contributed by atoms with E-state index in [-0.39, 0.29) is 41.7 Å². The molecule has 2 aliphatic rings. The minimum atomic E-state index is -3.12. The summed E-state index contributed by atoms with van der Waals surface area (Å²) in [4.78, 5) is 14.5. The first-order valence-corrected chi connectivity index (χ1v) is 15.0. The van der Waals surface area contributed by atoms with Crippen molar-refractivity contribution in [1.82, 2.24) is 5.32 Å². The summed E-state index contributed by atoms with van der Waals surface area (Å²) in [5, 5.41) is 17.3. The van der Waals surface area contributed by atoms with Crippen LogP contribution >= 0.6 is 11.3 Å². The average molecular weight is 539 g/mol. The number of para-hydroxylation sites is 1. The number of thiophene rings is 1. The molecule has 36 heavy (non-hydrogen) atoms. The highest BCUT2D eigenvalue weighted by Crippen LogP contribution is 2.44. The molecule has 7 nitrogen and oxygen atoms in total. The summed E-state index contributed by atoms with van der Waals surface area (Å²) in [5.74, 6) is -0.151. The summed E-state index contributed by atoms with van der Waals surface area (Å²) in [5.41, 5.74) is 1.71. The van der Waals surface area contributed by atoms with E-state index in [1.807, 2.05) is 0 Å². The maximum Gasteiger partial charge on any atom is 0.254 e. The molecule has 1 amide bonds. The molecule has 2 heterocycles. The van der Waals surface area contributed by atoms with E-state index in [4.69, 9.17) is 4.74 Å². The first-order valence-electron chi connectivity index (χ1n) is 12.4. The van der Waals surface area contributed by atoms with Crippen molar-refractivity contribution in [3.63, 3.8) is 0 Å². The minimum Gasteiger partial charge on any atom is -0.488 e. The van der Waals surface area contributed by atoms with E-state index in [1.165, 1.54) is 23.5 Å². The number of carbonyl (C=O) groups excluding carboxylic acids is 1. The number of fused-ring (bicyclic) bond motifs is 1. The van der Waals surface area contributed by atoms with Gasteiger partial charge < -0.3 is 20.5 Å². The zero-order chi connectivity index (χ0) is 26.1. The van der Waals surface area contributed by atoms with Crippen LogP contribution in [0.5, 0.6) is 5.75 Å². The monoisotopic (exact) mass is 538 g/mol. The Bertz CT molecular complexity index is 1210. The van der Waals surface area contributed by atoms with Crippen molar-refractivity contribution < 1.29 is 27.4 Å². The third-order valence-electron chi connectivity index (χ3n) is 7.05. The smallest absolute Gasteiger partial charge is 0.254 e. The van der Waals surface area contributed by atoms with Crippen molar-refractivity contribution in [2.24, 2.45) is 11.3 Å². The molecule has 3 unspecified atom stereocenters. The van der Waals surface area contributed by atoms with Gasteiger partial charge in [-0.15, -0.1) is 11.3 Å². The van der Waals surface area contributed by atoms with E-state index >= 15 is 0 Å². The van der Waals surface area contributed by atoms with Crippen LogP contribution in [0, 0.1) is 17.2 Å². The maximum absolute atomic E-state index is 13.8. The zero-order valence-corrected chi connectivity index (χ0v) is 22.6. The lowest BCUT2D eigenvalue weighted by Crippen LogP contribution is -2.36. The Kier molecular flexibility index (Phi) is 7.97. The Balaban J connectivity index is 1.49. The number of rotatable bonds is 8. The van der Waals surface area contributed by atoms with Crippen LogP contribution in [0.25, 0.3) is 0 Å². The summed E-state index contributed by atoms with van der Waals surface area (Å²) in [6, 6.07) is 5.62. The van der Waals surface area contributed by atoms with Crippen molar-refractivity contribution in [2.45, 2.75) is 58.6 Å². The molecule has 1 aliphatic carbocycles. The molecule has 3 N–H and O–H groups in total. The van der Waals surface area contributed by atoms with Gasteiger partial charge in [-0.05, 0) is 54.7 Å². The predicted molar refractivity (Wildman–Crippen MR) is 140 cm³/mol. The van der Waals surface area contributed by atoms with Crippen LogP contribution in [0.3, 0.4) is 0 Å². The number of hydrogen-bond donors (Lipinski definition) is 3. The number of nitrogens with one attached hydrogen (secondary N) is 2. The molecular formula is C26H35FN2O5S2. The Labute approximate surface area is 216 Å². The molecule has 1 aromatic carbocycles. The molecule has 0 saturated carbocycles. The van der Waals surface area contributed by atoms with Gasteiger partial charge in [-0.2, -0.15) is 0 Å². The molecule has 1 fully saturated rings. The second-order valence-electron chi connectivity index (χ2n) is 10.9. The molecule has 1 aliphatic heterocycles. The van der Waals surface area contributed by atoms with E-state index in [9.17, 15) is 22.7 Å². The van der Waals surface area contributed by atoms with Gasteiger partial charge in [-0.1, -0.05) is 32.9 Å². The minimum absolute atomic E-state index is 0.0357. The molecule has 0 spiro atoms. The molecule has 198 valence electrons. The molecule has 0 bridgehead atoms. The van der Waals surface area contributed by atoms with E-state index in [2.05, 4.69) is 31.4 Å². The highest BCUT2D eigenvalue weighted by molar-refractivity contribution is 7.91. The van der Waals surface area contributed by atoms with Crippen molar-refractivity contribution in [1.29, 1.82) is 0 Å². The lowest BCUT2D eigenvalue weighted by atomic mass is 9.72. The Hall–Kier alpha value is -2.17. The van der Waals surface area contributed by atoms with Gasteiger partial charge in [-0.3, -0.25) is 4.79 Å². The Morgan fingerprint density at radius 3 is 2.69 bits per heavy atom. The lowest BCUT2D eigenvalue weighted by molar-refractivity contribution is 0.0940. The molecule has 10 heteroatoms. The Morgan fingerprint density at radius 2 is 2.03 bits per heavy atom. The number of sulfone groups is 1. The maximum atomic E-state index is 13.8. The number of halogens is 1. The zero-order valence-electron chi connectivity index (χ0n) is 21.0.